The fourth-order valence-electron chi connectivity index (χ4n) is 3.38. The van der Waals surface area contributed by atoms with Gasteiger partial charge in [0.25, 0.3) is 5.91 Å². The third kappa shape index (κ3) is 3.24. The van der Waals surface area contributed by atoms with E-state index >= 15 is 0 Å². The van der Waals surface area contributed by atoms with Crippen molar-refractivity contribution in [1.29, 1.82) is 0 Å². The number of nitrogens with zero attached hydrogens (tertiary/aromatic N) is 1. The first-order valence-corrected chi connectivity index (χ1v) is 9.51. The number of carbonyl (C=O) groups excluding carboxylic acids is 1. The summed E-state index contributed by atoms with van der Waals surface area (Å²) in [4.78, 5) is 17.4. The van der Waals surface area contributed by atoms with E-state index in [1.54, 1.807) is 24.3 Å². The first-order valence-electron chi connectivity index (χ1n) is 9.14. The van der Waals surface area contributed by atoms with E-state index in [1.807, 2.05) is 60.7 Å². The molecule has 1 aromatic heterocycles. The van der Waals surface area contributed by atoms with Crippen LogP contribution < -0.4 is 5.32 Å². The molecule has 4 aromatic carbocycles. The summed E-state index contributed by atoms with van der Waals surface area (Å²) in [5.41, 5.74) is 3.28. The molecule has 0 fully saturated rings. The second-order valence-corrected chi connectivity index (χ2v) is 7.07. The molecule has 0 spiro atoms. The number of carbonyl (C=O) groups is 1. The maximum absolute atomic E-state index is 12.9. The number of halogens is 1. The van der Waals surface area contributed by atoms with E-state index in [0.29, 0.717) is 33.3 Å². The van der Waals surface area contributed by atoms with Gasteiger partial charge in [-0.15, -0.1) is 0 Å². The van der Waals surface area contributed by atoms with Crippen molar-refractivity contribution < 1.29 is 9.21 Å². The van der Waals surface area contributed by atoms with Crippen LogP contribution in [0.25, 0.3) is 33.3 Å². The second kappa shape index (κ2) is 7.08. The number of amides is 1. The van der Waals surface area contributed by atoms with Gasteiger partial charge in [-0.1, -0.05) is 60.1 Å². The molecule has 0 aliphatic rings. The largest absolute Gasteiger partial charge is 0.436 e. The average Bonchev–Trinajstić information content (AvgIpc) is 3.16. The van der Waals surface area contributed by atoms with E-state index in [4.69, 9.17) is 16.0 Å². The molecular weight excluding hydrogens is 384 g/mol. The molecule has 0 saturated heterocycles. The fourth-order valence-corrected chi connectivity index (χ4v) is 3.59. The predicted octanol–water partition coefficient (Wildman–Crippen LogP) is 6.55. The minimum atomic E-state index is -0.170. The third-order valence-electron chi connectivity index (χ3n) is 4.78. The highest BCUT2D eigenvalue weighted by atomic mass is 35.5. The van der Waals surface area contributed by atoms with Crippen LogP contribution in [0.4, 0.5) is 5.69 Å². The first-order chi connectivity index (χ1) is 14.2. The molecule has 0 bridgehead atoms. The van der Waals surface area contributed by atoms with Crippen LogP contribution in [0.2, 0.25) is 5.02 Å². The fraction of sp³-hybridized carbons (Fsp3) is 0. The zero-order chi connectivity index (χ0) is 19.8. The van der Waals surface area contributed by atoms with Crippen molar-refractivity contribution >= 4 is 45.1 Å². The van der Waals surface area contributed by atoms with Gasteiger partial charge in [0.05, 0.1) is 10.6 Å². The highest BCUT2D eigenvalue weighted by molar-refractivity contribution is 6.33. The normalized spacial score (nSPS) is 11.1. The van der Waals surface area contributed by atoms with E-state index in [0.717, 1.165) is 16.3 Å². The number of oxazole rings is 1. The monoisotopic (exact) mass is 398 g/mol. The van der Waals surface area contributed by atoms with E-state index in [-0.39, 0.29) is 5.91 Å². The van der Waals surface area contributed by atoms with Gasteiger partial charge in [-0.3, -0.25) is 4.79 Å². The molecule has 1 heterocycles. The second-order valence-electron chi connectivity index (χ2n) is 6.66. The van der Waals surface area contributed by atoms with Crippen LogP contribution in [0.15, 0.2) is 89.3 Å². The Hall–Kier alpha value is -3.63. The molecule has 1 N–H and O–H groups in total. The van der Waals surface area contributed by atoms with Crippen LogP contribution in [0.1, 0.15) is 10.4 Å². The summed E-state index contributed by atoms with van der Waals surface area (Å²) in [6.07, 6.45) is 0. The van der Waals surface area contributed by atoms with E-state index in [1.165, 1.54) is 0 Å². The van der Waals surface area contributed by atoms with Gasteiger partial charge in [0, 0.05) is 11.3 Å². The van der Waals surface area contributed by atoms with Crippen molar-refractivity contribution in [3.63, 3.8) is 0 Å². The molecule has 0 saturated carbocycles. The molecule has 4 nitrogen and oxygen atoms in total. The number of hydrogen-bond acceptors (Lipinski definition) is 3. The minimum Gasteiger partial charge on any atom is -0.436 e. The van der Waals surface area contributed by atoms with Gasteiger partial charge in [0.15, 0.2) is 5.58 Å². The average molecular weight is 399 g/mol. The molecule has 5 rings (SSSR count). The van der Waals surface area contributed by atoms with E-state index in [2.05, 4.69) is 10.3 Å². The van der Waals surface area contributed by atoms with Crippen LogP contribution >= 0.6 is 11.6 Å². The van der Waals surface area contributed by atoms with Crippen LogP contribution in [0.3, 0.4) is 0 Å². The van der Waals surface area contributed by atoms with Gasteiger partial charge in [-0.25, -0.2) is 4.98 Å². The van der Waals surface area contributed by atoms with Gasteiger partial charge >= 0.3 is 0 Å². The smallest absolute Gasteiger partial charge is 0.256 e. The summed E-state index contributed by atoms with van der Waals surface area (Å²) < 4.78 is 5.83. The molecule has 140 valence electrons. The third-order valence-corrected chi connectivity index (χ3v) is 5.11. The topological polar surface area (TPSA) is 55.1 Å². The number of rotatable bonds is 3. The number of nitrogens with one attached hydrogen (secondary N) is 1. The number of hydrogen-bond donors (Lipinski definition) is 1. The minimum absolute atomic E-state index is 0.170. The van der Waals surface area contributed by atoms with Crippen molar-refractivity contribution in [2.75, 3.05) is 5.32 Å². The molecule has 0 aliphatic heterocycles. The Kier molecular flexibility index (Phi) is 4.26. The van der Waals surface area contributed by atoms with Crippen molar-refractivity contribution in [2.45, 2.75) is 0 Å². The number of fused-ring (bicyclic) bond motifs is 2. The Bertz CT molecular complexity index is 1370. The van der Waals surface area contributed by atoms with Crippen LogP contribution in [-0.4, -0.2) is 10.9 Å². The summed E-state index contributed by atoms with van der Waals surface area (Å²) in [6.45, 7) is 0. The molecule has 5 aromatic rings. The summed E-state index contributed by atoms with van der Waals surface area (Å²) in [5.74, 6) is 0.277. The molecule has 0 unspecified atom stereocenters. The van der Waals surface area contributed by atoms with Crippen molar-refractivity contribution in [1.82, 2.24) is 4.98 Å². The zero-order valence-corrected chi connectivity index (χ0v) is 16.0. The lowest BCUT2D eigenvalue weighted by Crippen LogP contribution is -2.12. The van der Waals surface area contributed by atoms with Crippen LogP contribution in [0.5, 0.6) is 0 Å². The Labute approximate surface area is 171 Å². The summed E-state index contributed by atoms with van der Waals surface area (Å²) >= 11 is 6.24. The quantitative estimate of drug-likeness (QED) is 0.374. The van der Waals surface area contributed by atoms with Crippen molar-refractivity contribution in [3.8, 4) is 11.5 Å². The van der Waals surface area contributed by atoms with Gasteiger partial charge in [0.1, 0.15) is 5.52 Å². The zero-order valence-electron chi connectivity index (χ0n) is 15.2. The van der Waals surface area contributed by atoms with Crippen LogP contribution in [-0.2, 0) is 0 Å². The highest BCUT2D eigenvalue weighted by Gasteiger charge is 2.14. The SMILES string of the molecule is O=C(Nc1ccc2oc(-c3ccccc3Cl)nc2c1)c1cccc2ccccc12. The van der Waals surface area contributed by atoms with Crippen molar-refractivity contribution in [3.05, 3.63) is 95.5 Å². The van der Waals surface area contributed by atoms with Gasteiger partial charge in [-0.2, -0.15) is 0 Å². The highest BCUT2D eigenvalue weighted by Crippen LogP contribution is 2.31. The number of anilines is 1. The lowest BCUT2D eigenvalue weighted by molar-refractivity contribution is 0.102. The molecule has 29 heavy (non-hydrogen) atoms. The summed E-state index contributed by atoms with van der Waals surface area (Å²) in [6, 6.07) is 26.3. The first kappa shape index (κ1) is 17.5. The Morgan fingerprint density at radius 1 is 0.897 bits per heavy atom. The molecular formula is C24H15ClN2O2. The Morgan fingerprint density at radius 3 is 2.59 bits per heavy atom. The Balaban J connectivity index is 1.48. The maximum atomic E-state index is 12.9. The molecule has 0 aliphatic carbocycles. The van der Waals surface area contributed by atoms with Gasteiger partial charge in [-0.05, 0) is 47.2 Å². The maximum Gasteiger partial charge on any atom is 0.256 e. The molecule has 0 atom stereocenters. The lowest BCUT2D eigenvalue weighted by Gasteiger charge is -2.08. The standard InChI is InChI=1S/C24H15ClN2O2/c25-20-11-4-3-9-19(20)24-27-21-14-16(12-13-22(21)29-24)26-23(28)18-10-5-7-15-6-1-2-8-17(15)18/h1-14H,(H,26,28). The molecule has 1 amide bonds. The number of aromatic nitrogens is 1. The lowest BCUT2D eigenvalue weighted by atomic mass is 10.0. The van der Waals surface area contributed by atoms with E-state index < -0.39 is 0 Å². The van der Waals surface area contributed by atoms with E-state index in [9.17, 15) is 4.79 Å². The number of benzene rings is 4. The van der Waals surface area contributed by atoms with Gasteiger partial charge < -0.3 is 9.73 Å². The predicted molar refractivity (Wildman–Crippen MR) is 116 cm³/mol. The summed E-state index contributed by atoms with van der Waals surface area (Å²) in [5, 5.41) is 5.47. The van der Waals surface area contributed by atoms with Gasteiger partial charge in [0.2, 0.25) is 5.89 Å². The van der Waals surface area contributed by atoms with Crippen molar-refractivity contribution in [2.24, 2.45) is 0 Å². The summed E-state index contributed by atoms with van der Waals surface area (Å²) in [7, 11) is 0. The molecule has 0 radical (unpaired) electrons. The molecule has 5 heteroatoms. The van der Waals surface area contributed by atoms with Crippen LogP contribution in [0, 0.1) is 0 Å². The Morgan fingerprint density at radius 2 is 1.69 bits per heavy atom.